The van der Waals surface area contributed by atoms with E-state index < -0.39 is 0 Å². The number of rotatable bonds is 2. The molecule has 2 aromatic rings. The maximum Gasteiger partial charge on any atom is 0.124 e. The highest BCUT2D eigenvalue weighted by Gasteiger charge is 2.15. The molecular weight excluding hydrogens is 313 g/mol. The Morgan fingerprint density at radius 3 is 2.69 bits per heavy atom. The molecular formula is C11H8BrClFNS. The number of thiophene rings is 1. The summed E-state index contributed by atoms with van der Waals surface area (Å²) in [5.74, 6) is -0.312. The third-order valence-electron chi connectivity index (χ3n) is 2.17. The first-order valence-electron chi connectivity index (χ1n) is 4.52. The minimum Gasteiger partial charge on any atom is -0.320 e. The Labute approximate surface area is 110 Å². The van der Waals surface area contributed by atoms with E-state index in [1.54, 1.807) is 12.1 Å². The van der Waals surface area contributed by atoms with Crippen LogP contribution in [0, 0.1) is 5.82 Å². The lowest BCUT2D eigenvalue weighted by Gasteiger charge is -2.11. The van der Waals surface area contributed by atoms with E-state index in [0.29, 0.717) is 15.1 Å². The summed E-state index contributed by atoms with van der Waals surface area (Å²) in [6.07, 6.45) is 0. The second kappa shape index (κ2) is 4.84. The first kappa shape index (κ1) is 12.0. The lowest BCUT2D eigenvalue weighted by atomic mass is 10.1. The average molecular weight is 321 g/mol. The van der Waals surface area contributed by atoms with Gasteiger partial charge in [0.25, 0.3) is 0 Å². The maximum absolute atomic E-state index is 13.2. The van der Waals surface area contributed by atoms with Crippen molar-refractivity contribution in [3.8, 4) is 0 Å². The van der Waals surface area contributed by atoms with Crippen molar-refractivity contribution in [1.29, 1.82) is 0 Å². The van der Waals surface area contributed by atoms with E-state index >= 15 is 0 Å². The molecule has 1 unspecified atom stereocenters. The highest BCUT2D eigenvalue weighted by atomic mass is 79.9. The van der Waals surface area contributed by atoms with Crippen LogP contribution in [0.25, 0.3) is 0 Å². The van der Waals surface area contributed by atoms with Gasteiger partial charge in [0.2, 0.25) is 0 Å². The molecule has 5 heteroatoms. The van der Waals surface area contributed by atoms with Gasteiger partial charge < -0.3 is 5.73 Å². The Hall–Kier alpha value is -0.420. The van der Waals surface area contributed by atoms with Gasteiger partial charge in [0.15, 0.2) is 0 Å². The number of hydrogen-bond acceptors (Lipinski definition) is 2. The van der Waals surface area contributed by atoms with Crippen LogP contribution in [0.1, 0.15) is 16.5 Å². The molecule has 1 aromatic heterocycles. The topological polar surface area (TPSA) is 26.0 Å². The van der Waals surface area contributed by atoms with Crippen molar-refractivity contribution < 1.29 is 4.39 Å². The van der Waals surface area contributed by atoms with E-state index in [9.17, 15) is 4.39 Å². The van der Waals surface area contributed by atoms with Crippen LogP contribution in [0.4, 0.5) is 4.39 Å². The van der Waals surface area contributed by atoms with Crippen LogP contribution in [0.15, 0.2) is 34.1 Å². The summed E-state index contributed by atoms with van der Waals surface area (Å²) in [7, 11) is 0. The van der Waals surface area contributed by atoms with Crippen molar-refractivity contribution in [3.63, 3.8) is 0 Å². The summed E-state index contributed by atoms with van der Waals surface area (Å²) >= 11 is 10.7. The SMILES string of the molecule is NC(c1cc(F)cc(Br)c1)c1sccc1Cl. The highest BCUT2D eigenvalue weighted by molar-refractivity contribution is 9.10. The van der Waals surface area contributed by atoms with E-state index in [-0.39, 0.29) is 11.9 Å². The lowest BCUT2D eigenvalue weighted by Crippen LogP contribution is -2.11. The van der Waals surface area contributed by atoms with E-state index in [1.807, 2.05) is 5.38 Å². The molecule has 0 bridgehead atoms. The van der Waals surface area contributed by atoms with Crippen molar-refractivity contribution in [2.45, 2.75) is 6.04 Å². The summed E-state index contributed by atoms with van der Waals surface area (Å²) in [4.78, 5) is 0.846. The van der Waals surface area contributed by atoms with Crippen LogP contribution in [0.3, 0.4) is 0 Å². The third-order valence-corrected chi connectivity index (χ3v) is 4.07. The van der Waals surface area contributed by atoms with E-state index in [1.165, 1.54) is 23.5 Å². The fourth-order valence-corrected chi connectivity index (χ4v) is 3.12. The summed E-state index contributed by atoms with van der Waals surface area (Å²) < 4.78 is 13.9. The molecule has 1 nitrogen and oxygen atoms in total. The first-order valence-corrected chi connectivity index (χ1v) is 6.57. The molecule has 84 valence electrons. The smallest absolute Gasteiger partial charge is 0.124 e. The molecule has 0 aliphatic rings. The molecule has 2 N–H and O–H groups in total. The van der Waals surface area contributed by atoms with Gasteiger partial charge in [-0.1, -0.05) is 27.5 Å². The van der Waals surface area contributed by atoms with E-state index in [4.69, 9.17) is 17.3 Å². The summed E-state index contributed by atoms with van der Waals surface area (Å²) in [5, 5.41) is 2.49. The summed E-state index contributed by atoms with van der Waals surface area (Å²) in [6, 6.07) is 6.01. The van der Waals surface area contributed by atoms with E-state index in [2.05, 4.69) is 15.9 Å². The second-order valence-electron chi connectivity index (χ2n) is 3.31. The minimum atomic E-state index is -0.389. The molecule has 1 atom stereocenters. The third kappa shape index (κ3) is 2.46. The molecule has 1 aromatic carbocycles. The standard InChI is InChI=1S/C11H8BrClFNS/c12-7-3-6(4-8(14)5-7)10(15)11-9(13)1-2-16-11/h1-5,10H,15H2. The molecule has 0 saturated carbocycles. The van der Waals surface area contributed by atoms with Crippen molar-refractivity contribution in [2.24, 2.45) is 5.73 Å². The lowest BCUT2D eigenvalue weighted by molar-refractivity contribution is 0.623. The highest BCUT2D eigenvalue weighted by Crippen LogP contribution is 2.32. The van der Waals surface area contributed by atoms with Gasteiger partial charge in [0.1, 0.15) is 5.82 Å². The van der Waals surface area contributed by atoms with Gasteiger partial charge >= 0.3 is 0 Å². The van der Waals surface area contributed by atoms with Crippen LogP contribution in [-0.4, -0.2) is 0 Å². The number of nitrogens with two attached hydrogens (primary N) is 1. The Kier molecular flexibility index (Phi) is 3.64. The van der Waals surface area contributed by atoms with Gasteiger partial charge in [-0.15, -0.1) is 11.3 Å². The van der Waals surface area contributed by atoms with E-state index in [0.717, 1.165) is 4.88 Å². The molecule has 16 heavy (non-hydrogen) atoms. The fourth-order valence-electron chi connectivity index (χ4n) is 1.43. The summed E-state index contributed by atoms with van der Waals surface area (Å²) in [5.41, 5.74) is 6.74. The monoisotopic (exact) mass is 319 g/mol. The predicted molar refractivity (Wildman–Crippen MR) is 69.5 cm³/mol. The Balaban J connectivity index is 2.41. The van der Waals surface area contributed by atoms with Crippen LogP contribution in [-0.2, 0) is 0 Å². The van der Waals surface area contributed by atoms with Gasteiger partial charge in [-0.05, 0) is 35.2 Å². The zero-order valence-electron chi connectivity index (χ0n) is 8.08. The van der Waals surface area contributed by atoms with Crippen LogP contribution < -0.4 is 5.73 Å². The van der Waals surface area contributed by atoms with Crippen LogP contribution >= 0.6 is 38.9 Å². The zero-order chi connectivity index (χ0) is 11.7. The van der Waals surface area contributed by atoms with Crippen molar-refractivity contribution in [1.82, 2.24) is 0 Å². The first-order chi connectivity index (χ1) is 7.58. The quantitative estimate of drug-likeness (QED) is 0.874. The van der Waals surface area contributed by atoms with Crippen molar-refractivity contribution in [2.75, 3.05) is 0 Å². The number of benzene rings is 1. The molecule has 0 aliphatic heterocycles. The second-order valence-corrected chi connectivity index (χ2v) is 5.58. The molecule has 0 fully saturated rings. The van der Waals surface area contributed by atoms with Gasteiger partial charge in [-0.25, -0.2) is 4.39 Å². The van der Waals surface area contributed by atoms with Crippen molar-refractivity contribution >= 4 is 38.9 Å². The van der Waals surface area contributed by atoms with Crippen LogP contribution in [0.2, 0.25) is 5.02 Å². The Bertz CT molecular complexity index is 494. The summed E-state index contributed by atoms with van der Waals surface area (Å²) in [6.45, 7) is 0. The largest absolute Gasteiger partial charge is 0.320 e. The predicted octanol–water partition coefficient (Wildman–Crippen LogP) is 4.35. The number of halogens is 3. The molecule has 0 aliphatic carbocycles. The van der Waals surface area contributed by atoms with Gasteiger partial charge in [-0.3, -0.25) is 0 Å². The molecule has 0 amide bonds. The zero-order valence-corrected chi connectivity index (χ0v) is 11.2. The van der Waals surface area contributed by atoms with Gasteiger partial charge in [-0.2, -0.15) is 0 Å². The Morgan fingerprint density at radius 1 is 1.38 bits per heavy atom. The van der Waals surface area contributed by atoms with Gasteiger partial charge in [0, 0.05) is 9.35 Å². The average Bonchev–Trinajstić information content (AvgIpc) is 2.62. The normalized spacial score (nSPS) is 12.8. The minimum absolute atomic E-state index is 0.312. The molecule has 0 radical (unpaired) electrons. The maximum atomic E-state index is 13.2. The molecule has 0 spiro atoms. The Morgan fingerprint density at radius 2 is 2.12 bits per heavy atom. The van der Waals surface area contributed by atoms with Crippen LogP contribution in [0.5, 0.6) is 0 Å². The number of hydrogen-bond donors (Lipinski definition) is 1. The fraction of sp³-hybridized carbons (Fsp3) is 0.0909. The molecule has 0 saturated heterocycles. The molecule has 1 heterocycles. The van der Waals surface area contributed by atoms with Crippen molar-refractivity contribution in [3.05, 3.63) is 55.4 Å². The van der Waals surface area contributed by atoms with Gasteiger partial charge in [0.05, 0.1) is 11.1 Å². The molecule has 2 rings (SSSR count).